The molecule has 0 unspecified atom stereocenters. The van der Waals surface area contributed by atoms with Crippen LogP contribution in [0.5, 0.6) is 5.75 Å². The van der Waals surface area contributed by atoms with Gasteiger partial charge in [0.15, 0.2) is 0 Å². The Morgan fingerprint density at radius 3 is 2.94 bits per heavy atom. The first-order chi connectivity index (χ1) is 8.78. The quantitative estimate of drug-likeness (QED) is 0.760. The molecule has 92 valence electrons. The van der Waals surface area contributed by atoms with Crippen LogP contribution in [0.4, 0.5) is 4.39 Å². The van der Waals surface area contributed by atoms with Crippen LogP contribution in [0, 0.1) is 5.82 Å². The summed E-state index contributed by atoms with van der Waals surface area (Å²) in [7, 11) is 0. The number of carbonyl (C=O) groups excluding carboxylic acids is 1. The fourth-order valence-electron chi connectivity index (χ4n) is 1.57. The van der Waals surface area contributed by atoms with E-state index in [4.69, 9.17) is 4.74 Å². The van der Waals surface area contributed by atoms with Gasteiger partial charge < -0.3 is 4.74 Å². The van der Waals surface area contributed by atoms with E-state index in [0.717, 1.165) is 5.56 Å². The molecule has 0 amide bonds. The van der Waals surface area contributed by atoms with Crippen molar-refractivity contribution in [3.05, 3.63) is 59.7 Å². The first-order valence-electron chi connectivity index (χ1n) is 5.55. The van der Waals surface area contributed by atoms with Gasteiger partial charge in [0.1, 0.15) is 17.9 Å². The fourth-order valence-corrected chi connectivity index (χ4v) is 1.57. The number of aldehydes is 1. The molecule has 0 N–H and O–H groups in total. The molecule has 0 radical (unpaired) electrons. The molecule has 0 saturated heterocycles. The first kappa shape index (κ1) is 12.2. The molecule has 2 rings (SSSR count). The maximum atomic E-state index is 13.1. The van der Waals surface area contributed by atoms with Gasteiger partial charge in [0.2, 0.25) is 0 Å². The number of benzene rings is 1. The average Bonchev–Trinajstić information content (AvgIpc) is 2.39. The van der Waals surface area contributed by atoms with E-state index in [1.54, 1.807) is 12.4 Å². The third kappa shape index (κ3) is 3.38. The van der Waals surface area contributed by atoms with Gasteiger partial charge in [0.05, 0.1) is 6.61 Å². The Morgan fingerprint density at radius 2 is 2.22 bits per heavy atom. The molecule has 0 aliphatic heterocycles. The van der Waals surface area contributed by atoms with Gasteiger partial charge in [-0.25, -0.2) is 4.39 Å². The summed E-state index contributed by atoms with van der Waals surface area (Å²) in [5.74, 6) is -0.114. The van der Waals surface area contributed by atoms with Crippen molar-refractivity contribution < 1.29 is 13.9 Å². The smallest absolute Gasteiger partial charge is 0.150 e. The third-order valence-corrected chi connectivity index (χ3v) is 2.41. The van der Waals surface area contributed by atoms with Gasteiger partial charge in [-0.2, -0.15) is 0 Å². The molecule has 0 fully saturated rings. The number of pyridine rings is 1. The highest BCUT2D eigenvalue weighted by Gasteiger charge is 2.01. The van der Waals surface area contributed by atoms with E-state index in [1.807, 2.05) is 12.1 Å². The molecule has 1 heterocycles. The lowest BCUT2D eigenvalue weighted by atomic mass is 10.2. The number of halogens is 1. The number of aromatic nitrogens is 1. The predicted molar refractivity (Wildman–Crippen MR) is 65.2 cm³/mol. The number of ether oxygens (including phenoxy) is 1. The Kier molecular flexibility index (Phi) is 4.02. The minimum Gasteiger partial charge on any atom is -0.493 e. The second kappa shape index (κ2) is 5.91. The van der Waals surface area contributed by atoms with Gasteiger partial charge in [-0.15, -0.1) is 0 Å². The normalized spacial score (nSPS) is 10.1. The summed E-state index contributed by atoms with van der Waals surface area (Å²) in [5, 5.41) is 0. The summed E-state index contributed by atoms with van der Waals surface area (Å²) < 4.78 is 18.5. The summed E-state index contributed by atoms with van der Waals surface area (Å²) in [6.45, 7) is 0.410. The van der Waals surface area contributed by atoms with E-state index in [-0.39, 0.29) is 5.56 Å². The summed E-state index contributed by atoms with van der Waals surface area (Å²) in [5.41, 5.74) is 1.32. The van der Waals surface area contributed by atoms with Gasteiger partial charge >= 0.3 is 0 Å². The average molecular weight is 245 g/mol. The molecule has 18 heavy (non-hydrogen) atoms. The van der Waals surface area contributed by atoms with Gasteiger partial charge in [-0.1, -0.05) is 6.07 Å². The van der Waals surface area contributed by atoms with Gasteiger partial charge in [0.25, 0.3) is 0 Å². The molecule has 1 aromatic carbocycles. The number of nitrogens with zero attached hydrogens (tertiary/aromatic N) is 1. The van der Waals surface area contributed by atoms with Crippen molar-refractivity contribution in [1.29, 1.82) is 0 Å². The molecule has 0 spiro atoms. The second-order valence-corrected chi connectivity index (χ2v) is 3.80. The fraction of sp³-hybridized carbons (Fsp3) is 0.143. The van der Waals surface area contributed by atoms with Crippen molar-refractivity contribution >= 4 is 6.29 Å². The zero-order valence-electron chi connectivity index (χ0n) is 9.67. The molecule has 0 atom stereocenters. The maximum absolute atomic E-state index is 13.1. The largest absolute Gasteiger partial charge is 0.493 e. The van der Waals surface area contributed by atoms with Crippen LogP contribution in [0.1, 0.15) is 15.9 Å². The Bertz CT molecular complexity index is 529. The highest BCUT2D eigenvalue weighted by molar-refractivity contribution is 5.75. The van der Waals surface area contributed by atoms with E-state index in [2.05, 4.69) is 4.98 Å². The summed E-state index contributed by atoms with van der Waals surface area (Å²) >= 11 is 0. The minimum absolute atomic E-state index is 0.270. The van der Waals surface area contributed by atoms with E-state index < -0.39 is 5.82 Å². The second-order valence-electron chi connectivity index (χ2n) is 3.80. The molecule has 1 aromatic heterocycles. The Hall–Kier alpha value is -2.23. The van der Waals surface area contributed by atoms with Crippen molar-refractivity contribution in [2.24, 2.45) is 0 Å². The predicted octanol–water partition coefficient (Wildman–Crippen LogP) is 2.65. The van der Waals surface area contributed by atoms with Crippen molar-refractivity contribution in [2.75, 3.05) is 6.61 Å². The molecule has 3 nitrogen and oxygen atoms in total. The zero-order valence-corrected chi connectivity index (χ0v) is 9.67. The molecule has 0 aliphatic rings. The van der Waals surface area contributed by atoms with Crippen LogP contribution in [-0.4, -0.2) is 17.9 Å². The number of hydrogen-bond donors (Lipinski definition) is 0. The van der Waals surface area contributed by atoms with Gasteiger partial charge in [-0.05, 0) is 23.8 Å². The highest BCUT2D eigenvalue weighted by Crippen LogP contribution is 2.15. The lowest BCUT2D eigenvalue weighted by molar-refractivity contribution is 0.112. The molecular formula is C14H12FNO2. The van der Waals surface area contributed by atoms with Crippen molar-refractivity contribution in [1.82, 2.24) is 4.98 Å². The van der Waals surface area contributed by atoms with Gasteiger partial charge in [0, 0.05) is 30.4 Å². The zero-order chi connectivity index (χ0) is 12.8. The van der Waals surface area contributed by atoms with Crippen LogP contribution < -0.4 is 4.74 Å². The third-order valence-electron chi connectivity index (χ3n) is 2.41. The van der Waals surface area contributed by atoms with E-state index >= 15 is 0 Å². The lowest BCUT2D eigenvalue weighted by Gasteiger charge is -2.06. The van der Waals surface area contributed by atoms with E-state index in [1.165, 1.54) is 18.2 Å². The maximum Gasteiger partial charge on any atom is 0.150 e. The van der Waals surface area contributed by atoms with Crippen LogP contribution in [0.3, 0.4) is 0 Å². The van der Waals surface area contributed by atoms with Crippen LogP contribution in [0.25, 0.3) is 0 Å². The lowest BCUT2D eigenvalue weighted by Crippen LogP contribution is -2.02. The Labute approximate surface area is 104 Å². The first-order valence-corrected chi connectivity index (χ1v) is 5.55. The molecule has 2 aromatic rings. The standard InChI is InChI=1S/C14H12FNO2/c15-13-6-12(10-17)7-14(8-13)18-5-3-11-2-1-4-16-9-11/h1-2,4,6-10H,3,5H2. The minimum atomic E-state index is -0.476. The Morgan fingerprint density at radius 1 is 1.33 bits per heavy atom. The van der Waals surface area contributed by atoms with Gasteiger partial charge in [-0.3, -0.25) is 9.78 Å². The number of rotatable bonds is 5. The van der Waals surface area contributed by atoms with Crippen molar-refractivity contribution in [3.63, 3.8) is 0 Å². The van der Waals surface area contributed by atoms with E-state index in [9.17, 15) is 9.18 Å². The molecule has 0 saturated carbocycles. The number of carbonyl (C=O) groups is 1. The summed E-state index contributed by atoms with van der Waals surface area (Å²) in [6.07, 6.45) is 4.73. The van der Waals surface area contributed by atoms with Crippen LogP contribution >= 0.6 is 0 Å². The van der Waals surface area contributed by atoms with Crippen LogP contribution in [0.2, 0.25) is 0 Å². The molecule has 0 aliphatic carbocycles. The van der Waals surface area contributed by atoms with Crippen molar-refractivity contribution in [2.45, 2.75) is 6.42 Å². The molecule has 0 bridgehead atoms. The monoisotopic (exact) mass is 245 g/mol. The Balaban J connectivity index is 1.94. The SMILES string of the molecule is O=Cc1cc(F)cc(OCCc2cccnc2)c1. The van der Waals surface area contributed by atoms with E-state index in [0.29, 0.717) is 25.1 Å². The summed E-state index contributed by atoms with van der Waals surface area (Å²) in [4.78, 5) is 14.6. The topological polar surface area (TPSA) is 39.2 Å². The van der Waals surface area contributed by atoms with Crippen LogP contribution in [-0.2, 0) is 6.42 Å². The number of hydrogen-bond acceptors (Lipinski definition) is 3. The molecule has 4 heteroatoms. The summed E-state index contributed by atoms with van der Waals surface area (Å²) in [6, 6.07) is 7.73. The molecular weight excluding hydrogens is 233 g/mol. The van der Waals surface area contributed by atoms with Crippen molar-refractivity contribution in [3.8, 4) is 5.75 Å². The highest BCUT2D eigenvalue weighted by atomic mass is 19.1. The van der Waals surface area contributed by atoms with Crippen LogP contribution in [0.15, 0.2) is 42.7 Å².